The van der Waals surface area contributed by atoms with Gasteiger partial charge in [-0.3, -0.25) is 14.4 Å². The second-order valence-electron chi connectivity index (χ2n) is 8.14. The van der Waals surface area contributed by atoms with Gasteiger partial charge in [0.05, 0.1) is 5.69 Å². The molecule has 1 fully saturated rings. The van der Waals surface area contributed by atoms with Gasteiger partial charge in [-0.05, 0) is 36.5 Å². The van der Waals surface area contributed by atoms with Crippen molar-refractivity contribution in [1.82, 2.24) is 10.2 Å². The van der Waals surface area contributed by atoms with Crippen molar-refractivity contribution >= 4 is 35.2 Å². The van der Waals surface area contributed by atoms with E-state index >= 15 is 0 Å². The molecule has 0 aliphatic carbocycles. The van der Waals surface area contributed by atoms with Crippen molar-refractivity contribution in [2.75, 3.05) is 25.0 Å². The van der Waals surface area contributed by atoms with Gasteiger partial charge < -0.3 is 15.5 Å². The molecule has 2 aromatic carbocycles. The SMILES string of the molecule is C[C@@H](CNC(=O)C1CCN(C(=O)[C@H]2Sc3ccccc3NC2=O)CC1)c1ccccc1. The highest BCUT2D eigenvalue weighted by molar-refractivity contribution is 8.01. The van der Waals surface area contributed by atoms with Crippen molar-refractivity contribution in [3.8, 4) is 0 Å². The van der Waals surface area contributed by atoms with Crippen LogP contribution in [0.3, 0.4) is 0 Å². The Morgan fingerprint density at radius 1 is 1.10 bits per heavy atom. The molecule has 0 unspecified atom stereocenters. The fourth-order valence-electron chi connectivity index (χ4n) is 4.04. The molecule has 3 amide bonds. The smallest absolute Gasteiger partial charge is 0.247 e. The number of hydrogen-bond donors (Lipinski definition) is 2. The molecule has 0 aromatic heterocycles. The van der Waals surface area contributed by atoms with Gasteiger partial charge in [0.15, 0.2) is 5.25 Å². The lowest BCUT2D eigenvalue weighted by Gasteiger charge is -2.34. The Morgan fingerprint density at radius 3 is 2.52 bits per heavy atom. The largest absolute Gasteiger partial charge is 0.355 e. The van der Waals surface area contributed by atoms with E-state index in [-0.39, 0.29) is 29.6 Å². The Bertz CT molecular complexity index is 958. The molecule has 162 valence electrons. The summed E-state index contributed by atoms with van der Waals surface area (Å²) in [6.07, 6.45) is 1.24. The van der Waals surface area contributed by atoms with Crippen molar-refractivity contribution in [3.63, 3.8) is 0 Å². The van der Waals surface area contributed by atoms with Crippen molar-refractivity contribution in [1.29, 1.82) is 0 Å². The van der Waals surface area contributed by atoms with Crippen LogP contribution in [0.2, 0.25) is 0 Å². The number of fused-ring (bicyclic) bond motifs is 1. The maximum absolute atomic E-state index is 13.0. The van der Waals surface area contributed by atoms with Gasteiger partial charge in [-0.2, -0.15) is 0 Å². The van der Waals surface area contributed by atoms with Gasteiger partial charge in [0, 0.05) is 30.4 Å². The van der Waals surface area contributed by atoms with E-state index in [0.717, 1.165) is 10.6 Å². The molecule has 0 bridgehead atoms. The standard InChI is InChI=1S/C24H27N3O3S/c1-16(17-7-3-2-4-8-17)15-25-22(28)18-11-13-27(14-12-18)24(30)21-23(29)26-19-9-5-6-10-20(19)31-21/h2-10,16,18,21H,11-15H2,1H3,(H,25,28)(H,26,29)/t16-,21-/m0/s1. The third-order valence-electron chi connectivity index (χ3n) is 5.98. The maximum Gasteiger partial charge on any atom is 0.247 e. The Kier molecular flexibility index (Phi) is 6.61. The number of nitrogens with one attached hydrogen (secondary N) is 2. The number of anilines is 1. The summed E-state index contributed by atoms with van der Waals surface area (Å²) in [6, 6.07) is 17.6. The predicted molar refractivity (Wildman–Crippen MR) is 122 cm³/mol. The average Bonchev–Trinajstić information content (AvgIpc) is 2.82. The number of nitrogens with zero attached hydrogens (tertiary/aromatic N) is 1. The number of benzene rings is 2. The van der Waals surface area contributed by atoms with E-state index in [1.165, 1.54) is 17.3 Å². The molecule has 4 rings (SSSR count). The van der Waals surface area contributed by atoms with E-state index in [9.17, 15) is 14.4 Å². The highest BCUT2D eigenvalue weighted by Gasteiger charge is 2.37. The Balaban J connectivity index is 1.27. The molecule has 1 saturated heterocycles. The number of carbonyl (C=O) groups excluding carboxylic acids is 3. The number of carbonyl (C=O) groups is 3. The Labute approximate surface area is 186 Å². The van der Waals surface area contributed by atoms with Crippen LogP contribution in [0, 0.1) is 5.92 Å². The van der Waals surface area contributed by atoms with Crippen LogP contribution in [-0.2, 0) is 14.4 Å². The number of hydrogen-bond acceptors (Lipinski definition) is 4. The number of rotatable bonds is 5. The van der Waals surface area contributed by atoms with Crippen molar-refractivity contribution in [2.24, 2.45) is 5.92 Å². The second kappa shape index (κ2) is 9.56. The van der Waals surface area contributed by atoms with E-state index in [4.69, 9.17) is 0 Å². The summed E-state index contributed by atoms with van der Waals surface area (Å²) < 4.78 is 0. The normalized spacial score (nSPS) is 19.8. The van der Waals surface area contributed by atoms with Crippen LogP contribution in [0.5, 0.6) is 0 Å². The average molecular weight is 438 g/mol. The van der Waals surface area contributed by atoms with Crippen molar-refractivity contribution in [3.05, 3.63) is 60.2 Å². The fraction of sp³-hybridized carbons (Fsp3) is 0.375. The van der Waals surface area contributed by atoms with E-state index < -0.39 is 5.25 Å². The summed E-state index contributed by atoms with van der Waals surface area (Å²) in [5, 5.41) is 5.12. The quantitative estimate of drug-likeness (QED) is 0.704. The molecule has 7 heteroatoms. The zero-order chi connectivity index (χ0) is 21.8. The number of thioether (sulfide) groups is 1. The van der Waals surface area contributed by atoms with Crippen molar-refractivity contribution < 1.29 is 14.4 Å². The van der Waals surface area contributed by atoms with Crippen LogP contribution in [0.15, 0.2) is 59.5 Å². The fourth-order valence-corrected chi connectivity index (χ4v) is 5.11. The first-order valence-corrected chi connectivity index (χ1v) is 11.6. The summed E-state index contributed by atoms with van der Waals surface area (Å²) in [6.45, 7) is 3.69. The van der Waals surface area contributed by atoms with E-state index in [1.807, 2.05) is 42.5 Å². The first-order chi connectivity index (χ1) is 15.0. The van der Waals surface area contributed by atoms with Crippen LogP contribution in [0.4, 0.5) is 5.69 Å². The molecule has 2 heterocycles. The highest BCUT2D eigenvalue weighted by Crippen LogP contribution is 2.36. The van der Waals surface area contributed by atoms with Crippen LogP contribution < -0.4 is 10.6 Å². The summed E-state index contributed by atoms with van der Waals surface area (Å²) in [5.74, 6) is -0.247. The van der Waals surface area contributed by atoms with E-state index in [1.54, 1.807) is 4.90 Å². The van der Waals surface area contributed by atoms with E-state index in [2.05, 4.69) is 29.7 Å². The molecule has 2 aliphatic heterocycles. The van der Waals surface area contributed by atoms with Crippen LogP contribution in [0.25, 0.3) is 0 Å². The minimum atomic E-state index is -0.771. The molecular formula is C24H27N3O3S. The monoisotopic (exact) mass is 437 g/mol. The zero-order valence-corrected chi connectivity index (χ0v) is 18.4. The molecule has 2 aliphatic rings. The van der Waals surface area contributed by atoms with Gasteiger partial charge in [0.25, 0.3) is 0 Å². The Hall–Kier alpha value is -2.80. The molecule has 2 aromatic rings. The summed E-state index contributed by atoms with van der Waals surface area (Å²) in [7, 11) is 0. The molecule has 31 heavy (non-hydrogen) atoms. The molecule has 0 spiro atoms. The topological polar surface area (TPSA) is 78.5 Å². The summed E-state index contributed by atoms with van der Waals surface area (Å²) >= 11 is 1.30. The first-order valence-electron chi connectivity index (χ1n) is 10.7. The Morgan fingerprint density at radius 2 is 1.77 bits per heavy atom. The highest BCUT2D eigenvalue weighted by atomic mass is 32.2. The van der Waals surface area contributed by atoms with Gasteiger partial charge in [0.2, 0.25) is 17.7 Å². The lowest BCUT2D eigenvalue weighted by Crippen LogP contribution is -2.49. The second-order valence-corrected chi connectivity index (χ2v) is 9.29. The van der Waals surface area contributed by atoms with Crippen molar-refractivity contribution in [2.45, 2.75) is 35.8 Å². The van der Waals surface area contributed by atoms with Gasteiger partial charge in [-0.25, -0.2) is 0 Å². The number of likely N-dealkylation sites (tertiary alicyclic amines) is 1. The summed E-state index contributed by atoms with van der Waals surface area (Å²) in [4.78, 5) is 40.6. The number of amides is 3. The number of piperidine rings is 1. The molecule has 2 atom stereocenters. The minimum absolute atomic E-state index is 0.0496. The van der Waals surface area contributed by atoms with Gasteiger partial charge >= 0.3 is 0 Å². The summed E-state index contributed by atoms with van der Waals surface area (Å²) in [5.41, 5.74) is 1.95. The third-order valence-corrected chi connectivity index (χ3v) is 7.24. The van der Waals surface area contributed by atoms with Gasteiger partial charge in [0.1, 0.15) is 0 Å². The molecule has 6 nitrogen and oxygen atoms in total. The maximum atomic E-state index is 13.0. The minimum Gasteiger partial charge on any atom is -0.355 e. The first kappa shape index (κ1) is 21.4. The van der Waals surface area contributed by atoms with Gasteiger partial charge in [-0.15, -0.1) is 11.8 Å². The molecule has 0 radical (unpaired) electrons. The van der Waals surface area contributed by atoms with E-state index in [0.29, 0.717) is 32.5 Å². The van der Waals surface area contributed by atoms with Crippen LogP contribution in [0.1, 0.15) is 31.2 Å². The third kappa shape index (κ3) is 4.93. The predicted octanol–water partition coefficient (Wildman–Crippen LogP) is 3.26. The lowest BCUT2D eigenvalue weighted by molar-refractivity contribution is -0.137. The molecule has 2 N–H and O–H groups in total. The molecular weight excluding hydrogens is 410 g/mol. The zero-order valence-electron chi connectivity index (χ0n) is 17.5. The number of para-hydroxylation sites is 1. The molecule has 0 saturated carbocycles. The lowest BCUT2D eigenvalue weighted by atomic mass is 9.95. The van der Waals surface area contributed by atoms with Crippen LogP contribution in [-0.4, -0.2) is 47.5 Å². The van der Waals surface area contributed by atoms with Crippen LogP contribution >= 0.6 is 11.8 Å². The van der Waals surface area contributed by atoms with Gasteiger partial charge in [-0.1, -0.05) is 49.4 Å².